The number of thiophene rings is 1. The van der Waals surface area contributed by atoms with Crippen molar-refractivity contribution in [1.82, 2.24) is 0 Å². The van der Waals surface area contributed by atoms with E-state index in [0.29, 0.717) is 10.4 Å². The van der Waals surface area contributed by atoms with E-state index in [2.05, 4.69) is 0 Å². The fourth-order valence-electron chi connectivity index (χ4n) is 2.72. The highest BCUT2D eigenvalue weighted by Gasteiger charge is 2.32. The van der Waals surface area contributed by atoms with Crippen LogP contribution in [-0.2, 0) is 0 Å². The third kappa shape index (κ3) is 1.69. The van der Waals surface area contributed by atoms with Gasteiger partial charge in [0.25, 0.3) is 0 Å². The first-order valence-electron chi connectivity index (χ1n) is 6.18. The highest BCUT2D eigenvalue weighted by Crippen LogP contribution is 2.35. The number of carbonyl (C=O) groups excluding carboxylic acids is 2. The third-order valence-electron chi connectivity index (χ3n) is 3.63. The summed E-state index contributed by atoms with van der Waals surface area (Å²) in [5.41, 5.74) is 2.25. The number of hydrogen-bond donors (Lipinski definition) is 0. The molecular weight excluding hydrogens is 232 g/mol. The van der Waals surface area contributed by atoms with Crippen LogP contribution in [0.1, 0.15) is 58.6 Å². The summed E-state index contributed by atoms with van der Waals surface area (Å²) in [4.78, 5) is 25.3. The van der Waals surface area contributed by atoms with Crippen molar-refractivity contribution in [3.63, 3.8) is 0 Å². The van der Waals surface area contributed by atoms with Gasteiger partial charge >= 0.3 is 0 Å². The Bertz CT molecular complexity index is 478. The van der Waals surface area contributed by atoms with E-state index in [4.69, 9.17) is 0 Å². The second kappa shape index (κ2) is 4.22. The van der Waals surface area contributed by atoms with E-state index >= 15 is 0 Å². The molecule has 3 rings (SSSR count). The normalized spacial score (nSPS) is 20.7. The molecule has 0 unspecified atom stereocenters. The van der Waals surface area contributed by atoms with E-state index in [1.54, 1.807) is 6.07 Å². The van der Waals surface area contributed by atoms with Gasteiger partial charge in [0, 0.05) is 16.7 Å². The summed E-state index contributed by atoms with van der Waals surface area (Å²) in [6.07, 6.45) is 6.01. The smallest absolute Gasteiger partial charge is 0.200 e. The number of allylic oxidation sites excluding steroid dienone is 2. The molecule has 0 saturated heterocycles. The van der Waals surface area contributed by atoms with Crippen LogP contribution in [0, 0.1) is 0 Å². The van der Waals surface area contributed by atoms with Crippen molar-refractivity contribution in [3.8, 4) is 0 Å². The number of fused-ring (bicyclic) bond motifs is 1. The highest BCUT2D eigenvalue weighted by molar-refractivity contribution is 7.12. The minimum Gasteiger partial charge on any atom is -0.289 e. The van der Waals surface area contributed by atoms with Gasteiger partial charge in [0.15, 0.2) is 11.6 Å². The predicted octanol–water partition coefficient (Wildman–Crippen LogP) is 3.78. The zero-order valence-electron chi connectivity index (χ0n) is 9.62. The Labute approximate surface area is 104 Å². The molecule has 0 aliphatic heterocycles. The Morgan fingerprint density at radius 3 is 2.24 bits per heavy atom. The van der Waals surface area contributed by atoms with Gasteiger partial charge < -0.3 is 0 Å². The number of ketones is 2. The molecule has 3 heteroatoms. The Morgan fingerprint density at radius 1 is 0.882 bits per heavy atom. The van der Waals surface area contributed by atoms with Crippen LogP contribution in [0.4, 0.5) is 0 Å². The van der Waals surface area contributed by atoms with Crippen molar-refractivity contribution in [2.75, 3.05) is 0 Å². The minimum absolute atomic E-state index is 0.109. The molecule has 0 bridgehead atoms. The van der Waals surface area contributed by atoms with Crippen LogP contribution in [0.3, 0.4) is 0 Å². The molecule has 1 aromatic heterocycles. The molecule has 88 valence electrons. The molecule has 2 aliphatic carbocycles. The van der Waals surface area contributed by atoms with Gasteiger partial charge in [-0.3, -0.25) is 9.59 Å². The summed E-state index contributed by atoms with van der Waals surface area (Å²) in [6.45, 7) is 0. The average molecular weight is 246 g/mol. The van der Waals surface area contributed by atoms with Crippen LogP contribution in [0.25, 0.3) is 0 Å². The number of hydrogen-bond acceptors (Lipinski definition) is 3. The maximum Gasteiger partial charge on any atom is 0.200 e. The van der Waals surface area contributed by atoms with E-state index < -0.39 is 0 Å². The summed E-state index contributed by atoms with van der Waals surface area (Å²) >= 11 is 1.40. The Hall–Kier alpha value is -1.22. The second-order valence-electron chi connectivity index (χ2n) is 4.69. The molecule has 0 saturated carbocycles. The van der Waals surface area contributed by atoms with Gasteiger partial charge in [-0.05, 0) is 37.1 Å². The van der Waals surface area contributed by atoms with E-state index in [9.17, 15) is 9.59 Å². The molecule has 0 spiro atoms. The van der Waals surface area contributed by atoms with E-state index in [1.165, 1.54) is 24.2 Å². The standard InChI is InChI=1S/C14H14O2S/c15-12-9-5-3-1-2-4-6-10(9)13(16)14-11(12)7-8-17-14/h7-8H,1-6H2. The quantitative estimate of drug-likeness (QED) is 0.698. The molecule has 1 heterocycles. The molecule has 2 nitrogen and oxygen atoms in total. The van der Waals surface area contributed by atoms with Crippen LogP contribution in [0.15, 0.2) is 22.6 Å². The lowest BCUT2D eigenvalue weighted by molar-refractivity contribution is 0.0970. The average Bonchev–Trinajstić information content (AvgIpc) is 2.75. The van der Waals surface area contributed by atoms with Crippen LogP contribution in [0.2, 0.25) is 0 Å². The van der Waals surface area contributed by atoms with Crippen molar-refractivity contribution in [2.45, 2.75) is 38.5 Å². The summed E-state index contributed by atoms with van der Waals surface area (Å²) in [5, 5.41) is 1.85. The molecule has 1 aromatic rings. The first-order chi connectivity index (χ1) is 8.29. The first kappa shape index (κ1) is 10.9. The lowest BCUT2D eigenvalue weighted by atomic mass is 9.82. The lowest BCUT2D eigenvalue weighted by Crippen LogP contribution is -2.21. The second-order valence-corrected chi connectivity index (χ2v) is 5.61. The number of carbonyl (C=O) groups is 2. The van der Waals surface area contributed by atoms with Crippen LogP contribution < -0.4 is 0 Å². The van der Waals surface area contributed by atoms with Crippen LogP contribution >= 0.6 is 11.3 Å². The molecule has 0 fully saturated rings. The fourth-order valence-corrected chi connectivity index (χ4v) is 3.58. The fraction of sp³-hybridized carbons (Fsp3) is 0.429. The SMILES string of the molecule is O=C1C2=C(CCCCCC2)C(=O)c2sccc21. The molecule has 0 N–H and O–H groups in total. The monoisotopic (exact) mass is 246 g/mol. The lowest BCUT2D eigenvalue weighted by Gasteiger charge is -2.20. The highest BCUT2D eigenvalue weighted by atomic mass is 32.1. The van der Waals surface area contributed by atoms with Gasteiger partial charge in [-0.2, -0.15) is 0 Å². The molecule has 0 aromatic carbocycles. The van der Waals surface area contributed by atoms with E-state index in [-0.39, 0.29) is 11.6 Å². The Kier molecular flexibility index (Phi) is 2.71. The van der Waals surface area contributed by atoms with Gasteiger partial charge in [-0.15, -0.1) is 11.3 Å². The van der Waals surface area contributed by atoms with Crippen LogP contribution in [0.5, 0.6) is 0 Å². The van der Waals surface area contributed by atoms with Crippen molar-refractivity contribution in [3.05, 3.63) is 33.0 Å². The zero-order chi connectivity index (χ0) is 11.8. The maximum absolute atomic E-state index is 12.3. The van der Waals surface area contributed by atoms with Gasteiger partial charge in [0.2, 0.25) is 0 Å². The first-order valence-corrected chi connectivity index (χ1v) is 7.06. The van der Waals surface area contributed by atoms with E-state index in [0.717, 1.165) is 36.8 Å². The Morgan fingerprint density at radius 2 is 1.53 bits per heavy atom. The van der Waals surface area contributed by atoms with Crippen molar-refractivity contribution < 1.29 is 9.59 Å². The summed E-state index contributed by atoms with van der Waals surface area (Å²) in [6, 6.07) is 1.79. The molecule has 17 heavy (non-hydrogen) atoms. The largest absolute Gasteiger partial charge is 0.289 e. The van der Waals surface area contributed by atoms with Crippen LogP contribution in [-0.4, -0.2) is 11.6 Å². The zero-order valence-corrected chi connectivity index (χ0v) is 10.4. The van der Waals surface area contributed by atoms with Gasteiger partial charge in [-0.1, -0.05) is 12.8 Å². The number of rotatable bonds is 0. The topological polar surface area (TPSA) is 34.1 Å². The van der Waals surface area contributed by atoms with E-state index in [1.807, 2.05) is 5.38 Å². The van der Waals surface area contributed by atoms with Gasteiger partial charge in [0.1, 0.15) is 0 Å². The molecular formula is C14H14O2S. The van der Waals surface area contributed by atoms with Gasteiger partial charge in [-0.25, -0.2) is 0 Å². The maximum atomic E-state index is 12.3. The predicted molar refractivity (Wildman–Crippen MR) is 67.7 cm³/mol. The summed E-state index contributed by atoms with van der Waals surface area (Å²) < 4.78 is 0. The molecule has 0 amide bonds. The van der Waals surface area contributed by atoms with Crippen molar-refractivity contribution in [2.24, 2.45) is 0 Å². The molecule has 2 aliphatic rings. The summed E-state index contributed by atoms with van der Waals surface area (Å²) in [5.74, 6) is 0.226. The number of Topliss-reactive ketones (excluding diaryl/α,β-unsaturated/α-hetero) is 2. The third-order valence-corrected chi connectivity index (χ3v) is 4.55. The molecule has 0 atom stereocenters. The molecule has 0 radical (unpaired) electrons. The minimum atomic E-state index is 0.109. The van der Waals surface area contributed by atoms with Gasteiger partial charge in [0.05, 0.1) is 4.88 Å². The Balaban J connectivity index is 2.10. The van der Waals surface area contributed by atoms with Crippen molar-refractivity contribution in [1.29, 1.82) is 0 Å². The van der Waals surface area contributed by atoms with Crippen molar-refractivity contribution >= 4 is 22.9 Å². The summed E-state index contributed by atoms with van der Waals surface area (Å²) in [7, 11) is 0.